The summed E-state index contributed by atoms with van der Waals surface area (Å²) in [5.74, 6) is 0.231. The van der Waals surface area contributed by atoms with Crippen molar-refractivity contribution in [3.05, 3.63) is 52.5 Å². The topological polar surface area (TPSA) is 132 Å². The lowest BCUT2D eigenvalue weighted by Crippen LogP contribution is -2.45. The Kier molecular flexibility index (Phi) is 7.26. The third-order valence-corrected chi connectivity index (χ3v) is 7.63. The highest BCUT2D eigenvalue weighted by molar-refractivity contribution is 7.09. The number of likely N-dealkylation sites (tertiary alicyclic amines) is 1. The molecule has 2 fully saturated rings. The molecule has 188 valence electrons. The summed E-state index contributed by atoms with van der Waals surface area (Å²) in [5, 5.41) is 18.3. The first kappa shape index (κ1) is 24.0. The van der Waals surface area contributed by atoms with Crippen molar-refractivity contribution in [1.29, 1.82) is 0 Å². The number of benzene rings is 1. The van der Waals surface area contributed by atoms with Crippen LogP contribution in [0.4, 0.5) is 10.6 Å². The zero-order valence-electron chi connectivity index (χ0n) is 19.8. The largest absolute Gasteiger partial charge is 0.354 e. The number of piperidine rings is 1. The van der Waals surface area contributed by atoms with Crippen LogP contribution >= 0.6 is 11.3 Å². The Balaban J connectivity index is 1.12. The zero-order chi connectivity index (χ0) is 24.9. The minimum atomic E-state index is -0.509. The summed E-state index contributed by atoms with van der Waals surface area (Å²) in [4.78, 5) is 43.9. The highest BCUT2D eigenvalue weighted by Gasteiger charge is 2.28. The van der Waals surface area contributed by atoms with Gasteiger partial charge in [0.1, 0.15) is 11.7 Å². The number of carbonyl (C=O) groups is 3. The molecule has 10 nitrogen and oxygen atoms in total. The average molecular weight is 508 g/mol. The number of aromatic nitrogens is 3. The molecule has 4 N–H and O–H groups in total. The molecule has 2 saturated heterocycles. The smallest absolute Gasteiger partial charge is 0.323 e. The zero-order valence-corrected chi connectivity index (χ0v) is 20.6. The number of nitrogens with one attached hydrogen (secondary N) is 4. The molecule has 4 heterocycles. The first-order valence-electron chi connectivity index (χ1n) is 12.3. The van der Waals surface area contributed by atoms with Gasteiger partial charge in [0.25, 0.3) is 5.91 Å². The van der Waals surface area contributed by atoms with Gasteiger partial charge in [-0.25, -0.2) is 9.78 Å². The predicted molar refractivity (Wildman–Crippen MR) is 137 cm³/mol. The number of anilines is 1. The number of hydrogen-bond acceptors (Lipinski definition) is 6. The molecule has 11 heteroatoms. The van der Waals surface area contributed by atoms with E-state index in [1.807, 2.05) is 36.4 Å². The molecule has 0 bridgehead atoms. The van der Waals surface area contributed by atoms with Crippen LogP contribution in [-0.4, -0.2) is 63.6 Å². The van der Waals surface area contributed by atoms with E-state index in [1.54, 1.807) is 10.3 Å². The van der Waals surface area contributed by atoms with Crippen LogP contribution in [0.3, 0.4) is 0 Å². The maximum absolute atomic E-state index is 12.8. The third kappa shape index (κ3) is 5.56. The van der Waals surface area contributed by atoms with Gasteiger partial charge in [0, 0.05) is 37.0 Å². The molecule has 36 heavy (non-hydrogen) atoms. The first-order chi connectivity index (χ1) is 17.6. The Labute approximate surface area is 212 Å². The van der Waals surface area contributed by atoms with E-state index in [1.165, 1.54) is 11.3 Å². The molecule has 1 unspecified atom stereocenters. The van der Waals surface area contributed by atoms with E-state index in [4.69, 9.17) is 0 Å². The SMILES string of the molecule is O=C(NC1CCCCNC1=O)c1csc(C2CCN(C(=O)Nc3cc(-c4ccccc4)[nH]n3)CC2)n1. The molecular weight excluding hydrogens is 478 g/mol. The highest BCUT2D eigenvalue weighted by atomic mass is 32.1. The minimum absolute atomic E-state index is 0.131. The van der Waals surface area contributed by atoms with Gasteiger partial charge in [-0.2, -0.15) is 5.10 Å². The molecule has 0 aliphatic carbocycles. The second-order valence-electron chi connectivity index (χ2n) is 9.11. The van der Waals surface area contributed by atoms with E-state index >= 15 is 0 Å². The lowest BCUT2D eigenvalue weighted by Gasteiger charge is -2.30. The van der Waals surface area contributed by atoms with Crippen molar-refractivity contribution >= 4 is 35.0 Å². The fraction of sp³-hybridized carbons (Fsp3) is 0.400. The molecule has 1 atom stereocenters. The van der Waals surface area contributed by atoms with Crippen LogP contribution in [-0.2, 0) is 4.79 Å². The Hall–Kier alpha value is -3.73. The summed E-state index contributed by atoms with van der Waals surface area (Å²) in [5.41, 5.74) is 2.19. The second kappa shape index (κ2) is 10.9. The molecule has 5 rings (SSSR count). The summed E-state index contributed by atoms with van der Waals surface area (Å²) in [7, 11) is 0. The molecule has 0 saturated carbocycles. The Morgan fingerprint density at radius 1 is 1.08 bits per heavy atom. The predicted octanol–water partition coefficient (Wildman–Crippen LogP) is 3.34. The number of carbonyl (C=O) groups excluding carboxylic acids is 3. The Morgan fingerprint density at radius 2 is 1.89 bits per heavy atom. The molecule has 2 aliphatic heterocycles. The van der Waals surface area contributed by atoms with Gasteiger partial charge in [-0.05, 0) is 37.7 Å². The summed E-state index contributed by atoms with van der Waals surface area (Å²) in [6.07, 6.45) is 3.99. The van der Waals surface area contributed by atoms with Gasteiger partial charge in [0.2, 0.25) is 5.91 Å². The molecular formula is C25H29N7O3S. The summed E-state index contributed by atoms with van der Waals surface area (Å²) >= 11 is 1.46. The van der Waals surface area contributed by atoms with Gasteiger partial charge in [0.15, 0.2) is 5.82 Å². The number of hydrogen-bond donors (Lipinski definition) is 4. The van der Waals surface area contributed by atoms with Crippen LogP contribution in [0.25, 0.3) is 11.3 Å². The van der Waals surface area contributed by atoms with Crippen molar-refractivity contribution in [3.8, 4) is 11.3 Å². The monoisotopic (exact) mass is 507 g/mol. The van der Waals surface area contributed by atoms with Crippen molar-refractivity contribution in [2.24, 2.45) is 0 Å². The Morgan fingerprint density at radius 3 is 2.69 bits per heavy atom. The van der Waals surface area contributed by atoms with Gasteiger partial charge in [-0.15, -0.1) is 11.3 Å². The summed E-state index contributed by atoms with van der Waals surface area (Å²) < 4.78 is 0. The van der Waals surface area contributed by atoms with Crippen molar-refractivity contribution in [2.75, 3.05) is 25.0 Å². The van der Waals surface area contributed by atoms with Crippen molar-refractivity contribution < 1.29 is 14.4 Å². The summed E-state index contributed by atoms with van der Waals surface area (Å²) in [6.45, 7) is 1.84. The number of aromatic amines is 1. The van der Waals surface area contributed by atoms with E-state index in [9.17, 15) is 14.4 Å². The lowest BCUT2D eigenvalue weighted by molar-refractivity contribution is -0.122. The maximum atomic E-state index is 12.8. The molecule has 0 radical (unpaired) electrons. The Bertz CT molecular complexity index is 1220. The molecule has 2 aliphatic rings. The number of thiazole rings is 1. The second-order valence-corrected chi connectivity index (χ2v) is 10.00. The van der Waals surface area contributed by atoms with Gasteiger partial charge in [0.05, 0.1) is 10.7 Å². The maximum Gasteiger partial charge on any atom is 0.323 e. The van der Waals surface area contributed by atoms with Gasteiger partial charge in [-0.3, -0.25) is 20.0 Å². The van der Waals surface area contributed by atoms with E-state index < -0.39 is 6.04 Å². The van der Waals surface area contributed by atoms with E-state index in [0.29, 0.717) is 37.6 Å². The van der Waals surface area contributed by atoms with Gasteiger partial charge >= 0.3 is 6.03 Å². The average Bonchev–Trinajstić information content (AvgIpc) is 3.54. The quantitative estimate of drug-likeness (QED) is 0.421. The van der Waals surface area contributed by atoms with Gasteiger partial charge < -0.3 is 15.5 Å². The van der Waals surface area contributed by atoms with Crippen LogP contribution in [0.2, 0.25) is 0 Å². The molecule has 4 amide bonds. The van der Waals surface area contributed by atoms with E-state index in [2.05, 4.69) is 31.1 Å². The van der Waals surface area contributed by atoms with Crippen LogP contribution in [0.1, 0.15) is 53.5 Å². The van der Waals surface area contributed by atoms with E-state index in [-0.39, 0.29) is 23.8 Å². The van der Waals surface area contributed by atoms with Gasteiger partial charge in [-0.1, -0.05) is 30.3 Å². The highest BCUT2D eigenvalue weighted by Crippen LogP contribution is 2.31. The van der Waals surface area contributed by atoms with E-state index in [0.717, 1.165) is 41.9 Å². The minimum Gasteiger partial charge on any atom is -0.354 e. The normalized spacial score (nSPS) is 18.8. The number of amides is 4. The van der Waals surface area contributed by atoms with Crippen molar-refractivity contribution in [2.45, 2.75) is 44.1 Å². The fourth-order valence-electron chi connectivity index (χ4n) is 4.56. The number of rotatable bonds is 5. The lowest BCUT2D eigenvalue weighted by atomic mass is 9.98. The molecule has 2 aromatic heterocycles. The standard InChI is InChI=1S/C25H29N7O3S/c33-22-18(8-4-5-11-26-22)27-23(34)20-15-36-24(28-20)17-9-12-32(13-10-17)25(35)29-21-14-19(30-31-21)16-6-2-1-3-7-16/h1-3,6-7,14-15,17-18H,4-5,8-13H2,(H,26,33)(H,27,34)(H2,29,30,31,35). The molecule has 0 spiro atoms. The number of urea groups is 1. The molecule has 1 aromatic carbocycles. The van der Waals surface area contributed by atoms with Crippen molar-refractivity contribution in [1.82, 2.24) is 30.7 Å². The number of H-pyrrole nitrogens is 1. The fourth-order valence-corrected chi connectivity index (χ4v) is 5.53. The van der Waals surface area contributed by atoms with Crippen LogP contribution in [0, 0.1) is 0 Å². The summed E-state index contributed by atoms with van der Waals surface area (Å²) in [6, 6.07) is 10.9. The number of nitrogens with zero attached hydrogens (tertiary/aromatic N) is 3. The van der Waals surface area contributed by atoms with Crippen LogP contribution in [0.15, 0.2) is 41.8 Å². The molecule has 3 aromatic rings. The first-order valence-corrected chi connectivity index (χ1v) is 13.2. The van der Waals surface area contributed by atoms with Crippen molar-refractivity contribution in [3.63, 3.8) is 0 Å². The van der Waals surface area contributed by atoms with Crippen LogP contribution in [0.5, 0.6) is 0 Å². The third-order valence-electron chi connectivity index (χ3n) is 6.62. The van der Waals surface area contributed by atoms with Crippen LogP contribution < -0.4 is 16.0 Å².